The Balaban J connectivity index is 2.06. The Labute approximate surface area is 82.8 Å². The minimum absolute atomic E-state index is 0.109. The standard InChI is InChI=1S/C11H14O3/c1-10(13)4-2-7-6-8-3-5-11(7,14-8)9(10)12/h3,5,7-8,13H,2,4,6H2,1H3/t7-,8+,10+,11-/m1/s1. The molecule has 14 heavy (non-hydrogen) atoms. The Morgan fingerprint density at radius 1 is 1.64 bits per heavy atom. The molecule has 0 unspecified atom stereocenters. The first-order valence-electron chi connectivity index (χ1n) is 5.19. The van der Waals surface area contributed by atoms with Crippen LogP contribution in [0.5, 0.6) is 0 Å². The Bertz CT molecular complexity index is 331. The normalized spacial score (nSPS) is 55.1. The lowest BCUT2D eigenvalue weighted by Gasteiger charge is -2.40. The van der Waals surface area contributed by atoms with E-state index in [1.54, 1.807) is 6.92 Å². The number of aliphatic hydroxyl groups is 1. The van der Waals surface area contributed by atoms with Crippen LogP contribution in [0.4, 0.5) is 0 Å². The summed E-state index contributed by atoms with van der Waals surface area (Å²) in [5, 5.41) is 9.94. The Morgan fingerprint density at radius 2 is 2.43 bits per heavy atom. The molecule has 0 aromatic rings. The van der Waals surface area contributed by atoms with Crippen LogP contribution in [0.3, 0.4) is 0 Å². The fourth-order valence-electron chi connectivity index (χ4n) is 3.03. The van der Waals surface area contributed by atoms with Crippen LogP contribution < -0.4 is 0 Å². The summed E-state index contributed by atoms with van der Waals surface area (Å²) in [6.07, 6.45) is 6.33. The molecular formula is C11H14O3. The van der Waals surface area contributed by atoms with Gasteiger partial charge in [-0.25, -0.2) is 0 Å². The summed E-state index contributed by atoms with van der Waals surface area (Å²) in [5.41, 5.74) is -1.97. The zero-order valence-corrected chi connectivity index (χ0v) is 8.19. The quantitative estimate of drug-likeness (QED) is 0.580. The van der Waals surface area contributed by atoms with Gasteiger partial charge in [0, 0.05) is 5.92 Å². The molecule has 0 amide bonds. The van der Waals surface area contributed by atoms with Gasteiger partial charge in [-0.3, -0.25) is 4.79 Å². The number of Topliss-reactive ketones (excluding diaryl/α,β-unsaturated/α-hetero) is 1. The lowest BCUT2D eigenvalue weighted by molar-refractivity contribution is -0.162. The minimum atomic E-state index is -1.19. The molecule has 3 nitrogen and oxygen atoms in total. The summed E-state index contributed by atoms with van der Waals surface area (Å²) >= 11 is 0. The summed E-state index contributed by atoms with van der Waals surface area (Å²) in [6, 6.07) is 0. The lowest BCUT2D eigenvalue weighted by Crippen LogP contribution is -2.56. The van der Waals surface area contributed by atoms with Crippen molar-refractivity contribution in [2.45, 2.75) is 43.5 Å². The second-order valence-electron chi connectivity index (χ2n) is 4.88. The summed E-state index contributed by atoms with van der Waals surface area (Å²) in [5.74, 6) is 0.155. The van der Waals surface area contributed by atoms with Gasteiger partial charge in [0.15, 0.2) is 11.4 Å². The summed E-state index contributed by atoms with van der Waals surface area (Å²) in [4.78, 5) is 12.1. The summed E-state index contributed by atoms with van der Waals surface area (Å²) < 4.78 is 5.69. The van der Waals surface area contributed by atoms with Gasteiger partial charge in [-0.05, 0) is 32.3 Å². The van der Waals surface area contributed by atoms with Crippen molar-refractivity contribution >= 4 is 5.78 Å². The first-order chi connectivity index (χ1) is 6.55. The van der Waals surface area contributed by atoms with E-state index in [9.17, 15) is 9.90 Å². The topological polar surface area (TPSA) is 46.5 Å². The maximum Gasteiger partial charge on any atom is 0.199 e. The van der Waals surface area contributed by atoms with E-state index in [-0.39, 0.29) is 11.9 Å². The first kappa shape index (κ1) is 8.62. The Kier molecular flexibility index (Phi) is 1.41. The van der Waals surface area contributed by atoms with E-state index in [1.165, 1.54) is 0 Å². The van der Waals surface area contributed by atoms with Gasteiger partial charge in [-0.15, -0.1) is 0 Å². The lowest BCUT2D eigenvalue weighted by atomic mass is 9.66. The molecule has 76 valence electrons. The van der Waals surface area contributed by atoms with E-state index in [1.807, 2.05) is 12.2 Å². The molecule has 0 aromatic carbocycles. The van der Waals surface area contributed by atoms with Gasteiger partial charge < -0.3 is 9.84 Å². The third-order valence-electron chi connectivity index (χ3n) is 3.85. The summed E-state index contributed by atoms with van der Waals surface area (Å²) in [7, 11) is 0. The van der Waals surface area contributed by atoms with Crippen LogP contribution in [0.1, 0.15) is 26.2 Å². The van der Waals surface area contributed by atoms with Gasteiger partial charge in [0.2, 0.25) is 0 Å². The number of carbonyl (C=O) groups excluding carboxylic acids is 1. The zero-order chi connectivity index (χ0) is 9.97. The highest BCUT2D eigenvalue weighted by Crippen LogP contribution is 2.51. The smallest absolute Gasteiger partial charge is 0.199 e. The number of hydrogen-bond donors (Lipinski definition) is 1. The fraction of sp³-hybridized carbons (Fsp3) is 0.727. The zero-order valence-electron chi connectivity index (χ0n) is 8.19. The summed E-state index contributed by atoms with van der Waals surface area (Å²) in [6.45, 7) is 1.60. The second-order valence-corrected chi connectivity index (χ2v) is 4.88. The third kappa shape index (κ3) is 0.823. The van der Waals surface area contributed by atoms with Crippen molar-refractivity contribution < 1.29 is 14.6 Å². The van der Waals surface area contributed by atoms with Crippen molar-refractivity contribution in [2.24, 2.45) is 5.92 Å². The van der Waals surface area contributed by atoms with Crippen molar-refractivity contribution in [1.29, 1.82) is 0 Å². The molecular weight excluding hydrogens is 180 g/mol. The van der Waals surface area contributed by atoms with Gasteiger partial charge in [-0.2, -0.15) is 0 Å². The van der Waals surface area contributed by atoms with E-state index >= 15 is 0 Å². The van der Waals surface area contributed by atoms with E-state index in [4.69, 9.17) is 4.74 Å². The van der Waals surface area contributed by atoms with Crippen molar-refractivity contribution in [2.75, 3.05) is 0 Å². The van der Waals surface area contributed by atoms with Gasteiger partial charge in [0.05, 0.1) is 6.10 Å². The molecule has 1 aliphatic carbocycles. The number of carbonyl (C=O) groups is 1. The molecule has 1 spiro atoms. The number of hydrogen-bond acceptors (Lipinski definition) is 3. The second kappa shape index (κ2) is 2.28. The number of ether oxygens (including phenoxy) is 1. The van der Waals surface area contributed by atoms with Gasteiger partial charge in [0.25, 0.3) is 0 Å². The van der Waals surface area contributed by atoms with Crippen LogP contribution in [0.25, 0.3) is 0 Å². The fourth-order valence-corrected chi connectivity index (χ4v) is 3.03. The largest absolute Gasteiger partial charge is 0.382 e. The predicted molar refractivity (Wildman–Crippen MR) is 49.7 cm³/mol. The van der Waals surface area contributed by atoms with Crippen LogP contribution >= 0.6 is 0 Å². The van der Waals surface area contributed by atoms with Crippen LogP contribution in [-0.4, -0.2) is 28.2 Å². The van der Waals surface area contributed by atoms with E-state index < -0.39 is 11.2 Å². The molecule has 3 aliphatic rings. The van der Waals surface area contributed by atoms with E-state index in [0.717, 1.165) is 12.8 Å². The third-order valence-corrected chi connectivity index (χ3v) is 3.85. The molecule has 1 saturated heterocycles. The Morgan fingerprint density at radius 3 is 3.14 bits per heavy atom. The van der Waals surface area contributed by atoms with Gasteiger partial charge in [0.1, 0.15) is 5.60 Å². The number of fused-ring (bicyclic) bond motifs is 1. The van der Waals surface area contributed by atoms with Crippen molar-refractivity contribution in [3.8, 4) is 0 Å². The molecule has 2 aliphatic heterocycles. The SMILES string of the molecule is C[C@]1(O)CC[C@@H]2C[C@@H]3C=C[C@]2(O3)C1=O. The number of rotatable bonds is 0. The minimum Gasteiger partial charge on any atom is -0.382 e. The molecule has 0 aromatic heterocycles. The molecule has 1 N–H and O–H groups in total. The van der Waals surface area contributed by atoms with Crippen LogP contribution in [0.15, 0.2) is 12.2 Å². The molecule has 3 rings (SSSR count). The maximum atomic E-state index is 12.1. The van der Waals surface area contributed by atoms with Gasteiger partial charge in [-0.1, -0.05) is 6.08 Å². The highest BCUT2D eigenvalue weighted by molar-refractivity contribution is 5.98. The predicted octanol–water partition coefficient (Wildman–Crippen LogP) is 0.814. The van der Waals surface area contributed by atoms with E-state index in [2.05, 4.69) is 0 Å². The molecule has 4 atom stereocenters. The highest BCUT2D eigenvalue weighted by atomic mass is 16.5. The molecule has 0 radical (unpaired) electrons. The van der Waals surface area contributed by atoms with Gasteiger partial charge >= 0.3 is 0 Å². The van der Waals surface area contributed by atoms with E-state index in [0.29, 0.717) is 12.3 Å². The average Bonchev–Trinajstić information content (AvgIpc) is 2.69. The molecule has 2 bridgehead atoms. The Hall–Kier alpha value is -0.670. The maximum absolute atomic E-state index is 12.1. The highest BCUT2D eigenvalue weighted by Gasteiger charge is 2.61. The average molecular weight is 194 g/mol. The monoisotopic (exact) mass is 194 g/mol. The van der Waals surface area contributed by atoms with Crippen LogP contribution in [0, 0.1) is 5.92 Å². The first-order valence-corrected chi connectivity index (χ1v) is 5.19. The van der Waals surface area contributed by atoms with Crippen LogP contribution in [0.2, 0.25) is 0 Å². The number of ketones is 1. The molecule has 2 heterocycles. The van der Waals surface area contributed by atoms with Crippen molar-refractivity contribution in [1.82, 2.24) is 0 Å². The van der Waals surface area contributed by atoms with Crippen molar-refractivity contribution in [3.05, 3.63) is 12.2 Å². The molecule has 2 fully saturated rings. The molecule has 3 heteroatoms. The van der Waals surface area contributed by atoms with Crippen LogP contribution in [-0.2, 0) is 9.53 Å². The van der Waals surface area contributed by atoms with Crippen molar-refractivity contribution in [3.63, 3.8) is 0 Å². The molecule has 1 saturated carbocycles.